The number of carbonyl (C=O) groups excluding carboxylic acids is 1. The molecule has 0 amide bonds. The minimum atomic E-state index is -1.28. The van der Waals surface area contributed by atoms with Crippen molar-refractivity contribution in [2.75, 3.05) is 7.11 Å². The van der Waals surface area contributed by atoms with Crippen molar-refractivity contribution in [1.82, 2.24) is 4.98 Å². The zero-order valence-electron chi connectivity index (χ0n) is 18.5. The summed E-state index contributed by atoms with van der Waals surface area (Å²) in [6.07, 6.45) is 0.129. The summed E-state index contributed by atoms with van der Waals surface area (Å²) < 4.78 is 12.4. The SMILES string of the molecule is COc1ccc2nc(SOC(=O)C(CC(=O)O)(Cc3ccccc3)Cc3ccccc3)sc2c1. The van der Waals surface area contributed by atoms with Gasteiger partial charge in [-0.1, -0.05) is 60.7 Å². The van der Waals surface area contributed by atoms with Crippen LogP contribution in [0.25, 0.3) is 10.2 Å². The number of carboxylic acid groups (broad SMARTS) is 1. The molecule has 4 aromatic rings. The van der Waals surface area contributed by atoms with Crippen LogP contribution in [0.3, 0.4) is 0 Å². The Morgan fingerprint density at radius 2 is 1.59 bits per heavy atom. The predicted molar refractivity (Wildman–Crippen MR) is 133 cm³/mol. The highest BCUT2D eigenvalue weighted by Gasteiger charge is 2.43. The molecule has 0 fully saturated rings. The van der Waals surface area contributed by atoms with E-state index in [0.717, 1.165) is 39.1 Å². The molecule has 3 aromatic carbocycles. The lowest BCUT2D eigenvalue weighted by atomic mass is 9.74. The van der Waals surface area contributed by atoms with Gasteiger partial charge in [0, 0.05) is 0 Å². The van der Waals surface area contributed by atoms with Gasteiger partial charge in [-0.3, -0.25) is 9.59 Å². The minimum absolute atomic E-state index is 0.242. The third kappa shape index (κ3) is 5.76. The average molecular weight is 494 g/mol. The molecule has 0 bridgehead atoms. The lowest BCUT2D eigenvalue weighted by Gasteiger charge is -2.30. The van der Waals surface area contributed by atoms with E-state index in [-0.39, 0.29) is 19.3 Å². The molecule has 0 spiro atoms. The third-order valence-corrected chi connectivity index (χ3v) is 7.19. The first-order valence-electron chi connectivity index (χ1n) is 10.6. The number of carbonyl (C=O) groups is 2. The molecule has 0 radical (unpaired) electrons. The molecular weight excluding hydrogens is 470 g/mol. The normalized spacial score (nSPS) is 11.3. The number of benzene rings is 3. The van der Waals surface area contributed by atoms with Crippen LogP contribution in [0.15, 0.2) is 83.2 Å². The zero-order chi connectivity index (χ0) is 24.0. The van der Waals surface area contributed by atoms with Crippen molar-refractivity contribution >= 4 is 45.5 Å². The number of carboxylic acids is 1. The fraction of sp³-hybridized carbons (Fsp3) is 0.192. The molecule has 8 heteroatoms. The highest BCUT2D eigenvalue weighted by atomic mass is 32.2. The number of fused-ring (bicyclic) bond motifs is 1. The molecule has 0 saturated carbocycles. The van der Waals surface area contributed by atoms with E-state index in [1.165, 1.54) is 11.3 Å². The number of methoxy groups -OCH3 is 1. The van der Waals surface area contributed by atoms with Crippen LogP contribution in [0.5, 0.6) is 5.75 Å². The van der Waals surface area contributed by atoms with E-state index in [9.17, 15) is 14.7 Å². The van der Waals surface area contributed by atoms with Crippen LogP contribution in [0.2, 0.25) is 0 Å². The van der Waals surface area contributed by atoms with E-state index in [4.69, 9.17) is 8.92 Å². The Balaban J connectivity index is 1.62. The van der Waals surface area contributed by atoms with Gasteiger partial charge in [0.1, 0.15) is 17.8 Å². The fourth-order valence-corrected chi connectivity index (χ4v) is 5.57. The maximum absolute atomic E-state index is 13.5. The number of rotatable bonds is 10. The highest BCUT2D eigenvalue weighted by Crippen LogP contribution is 2.38. The summed E-state index contributed by atoms with van der Waals surface area (Å²) in [6.45, 7) is 0. The first-order chi connectivity index (χ1) is 16.5. The lowest BCUT2D eigenvalue weighted by Crippen LogP contribution is -2.38. The molecule has 1 N–H and O–H groups in total. The Morgan fingerprint density at radius 3 is 2.15 bits per heavy atom. The number of ether oxygens (including phenoxy) is 1. The first kappa shape index (κ1) is 23.8. The van der Waals surface area contributed by atoms with Gasteiger partial charge in [0.15, 0.2) is 4.34 Å². The van der Waals surface area contributed by atoms with E-state index >= 15 is 0 Å². The number of thiazole rings is 1. The molecule has 0 unspecified atom stereocenters. The van der Waals surface area contributed by atoms with Gasteiger partial charge in [-0.25, -0.2) is 4.98 Å². The Hall–Kier alpha value is -3.36. The summed E-state index contributed by atoms with van der Waals surface area (Å²) >= 11 is 2.25. The maximum atomic E-state index is 13.5. The van der Waals surface area contributed by atoms with Crippen LogP contribution in [0.4, 0.5) is 0 Å². The molecule has 4 rings (SSSR count). The average Bonchev–Trinajstić information content (AvgIpc) is 3.25. The van der Waals surface area contributed by atoms with Gasteiger partial charge >= 0.3 is 11.9 Å². The molecule has 0 aliphatic heterocycles. The zero-order valence-corrected chi connectivity index (χ0v) is 20.1. The molecule has 0 aliphatic carbocycles. The van der Waals surface area contributed by atoms with Gasteiger partial charge < -0.3 is 14.0 Å². The Kier molecular flexibility index (Phi) is 7.49. The fourth-order valence-electron chi connectivity index (χ4n) is 3.87. The monoisotopic (exact) mass is 493 g/mol. The standard InChI is InChI=1S/C26H23NO5S2/c1-31-20-12-13-21-22(14-20)33-25(27-21)34-32-24(30)26(17-23(28)29,15-18-8-4-2-5-9-18)16-19-10-6-3-7-11-19/h2-14H,15-17H2,1H3,(H,28,29). The van der Waals surface area contributed by atoms with E-state index < -0.39 is 17.4 Å². The van der Waals surface area contributed by atoms with Gasteiger partial charge in [-0.2, -0.15) is 0 Å². The van der Waals surface area contributed by atoms with Gasteiger partial charge in [-0.15, -0.1) is 11.3 Å². The molecule has 34 heavy (non-hydrogen) atoms. The summed E-state index contributed by atoms with van der Waals surface area (Å²) in [5.41, 5.74) is 1.23. The smallest absolute Gasteiger partial charge is 0.325 e. The third-order valence-electron chi connectivity index (χ3n) is 5.46. The van der Waals surface area contributed by atoms with Crippen molar-refractivity contribution in [2.24, 2.45) is 5.41 Å². The van der Waals surface area contributed by atoms with Gasteiger partial charge in [0.05, 0.1) is 29.2 Å². The van der Waals surface area contributed by atoms with Crippen molar-refractivity contribution in [2.45, 2.75) is 23.6 Å². The van der Waals surface area contributed by atoms with Crippen molar-refractivity contribution in [1.29, 1.82) is 0 Å². The Bertz CT molecular complexity index is 1230. The van der Waals surface area contributed by atoms with Gasteiger partial charge in [0.2, 0.25) is 0 Å². The quantitative estimate of drug-likeness (QED) is 0.279. The molecule has 0 saturated heterocycles. The molecule has 0 atom stereocenters. The van der Waals surface area contributed by atoms with Crippen molar-refractivity contribution in [3.63, 3.8) is 0 Å². The summed E-state index contributed by atoms with van der Waals surface area (Å²) in [6, 6.07) is 24.4. The summed E-state index contributed by atoms with van der Waals surface area (Å²) in [7, 11) is 1.60. The van der Waals surface area contributed by atoms with Gasteiger partial charge in [0.25, 0.3) is 0 Å². The minimum Gasteiger partial charge on any atom is -0.497 e. The second-order valence-corrected chi connectivity index (χ2v) is 9.95. The molecule has 174 valence electrons. The Morgan fingerprint density at radius 1 is 0.971 bits per heavy atom. The predicted octanol–water partition coefficient (Wildman–Crippen LogP) is 5.80. The number of aliphatic carboxylic acids is 1. The van der Waals surface area contributed by atoms with Crippen molar-refractivity contribution < 1.29 is 23.6 Å². The van der Waals surface area contributed by atoms with Crippen LogP contribution in [-0.2, 0) is 26.6 Å². The van der Waals surface area contributed by atoms with Crippen LogP contribution in [0.1, 0.15) is 17.5 Å². The molecule has 0 aliphatic rings. The molecule has 6 nitrogen and oxygen atoms in total. The van der Waals surface area contributed by atoms with E-state index in [0.29, 0.717) is 4.34 Å². The topological polar surface area (TPSA) is 85.7 Å². The van der Waals surface area contributed by atoms with E-state index in [1.54, 1.807) is 7.11 Å². The number of nitrogens with zero attached hydrogens (tertiary/aromatic N) is 1. The summed E-state index contributed by atoms with van der Waals surface area (Å²) in [5, 5.41) is 9.75. The second kappa shape index (κ2) is 10.7. The molecule has 1 heterocycles. The largest absolute Gasteiger partial charge is 0.497 e. The summed E-state index contributed by atoms with van der Waals surface area (Å²) in [5.74, 6) is -0.916. The summed E-state index contributed by atoms with van der Waals surface area (Å²) in [4.78, 5) is 30.0. The van der Waals surface area contributed by atoms with Gasteiger partial charge in [-0.05, 0) is 42.2 Å². The lowest BCUT2D eigenvalue weighted by molar-refractivity contribution is -0.152. The van der Waals surface area contributed by atoms with Crippen LogP contribution in [0, 0.1) is 5.41 Å². The highest BCUT2D eigenvalue weighted by molar-refractivity contribution is 7.97. The Labute approximate surface area is 205 Å². The van der Waals surface area contributed by atoms with Crippen molar-refractivity contribution in [3.8, 4) is 5.75 Å². The number of aromatic nitrogens is 1. The van der Waals surface area contributed by atoms with Crippen molar-refractivity contribution in [3.05, 3.63) is 90.0 Å². The van der Waals surface area contributed by atoms with Crippen LogP contribution in [-0.4, -0.2) is 29.1 Å². The second-order valence-electron chi connectivity index (χ2n) is 7.94. The van der Waals surface area contributed by atoms with E-state index in [2.05, 4.69) is 4.98 Å². The maximum Gasteiger partial charge on any atom is 0.325 e. The van der Waals surface area contributed by atoms with E-state index in [1.807, 2.05) is 78.9 Å². The van der Waals surface area contributed by atoms with Crippen LogP contribution < -0.4 is 4.74 Å². The molecular formula is C26H23NO5S2. The number of hydrogen-bond donors (Lipinski definition) is 1. The van der Waals surface area contributed by atoms with Crippen LogP contribution >= 0.6 is 23.4 Å². The first-order valence-corrected chi connectivity index (χ1v) is 12.2. The molecule has 1 aromatic heterocycles. The number of hydrogen-bond acceptors (Lipinski definition) is 7.